The number of amides is 1. The number of anilines is 2. The molecule has 214 valence electrons. The van der Waals surface area contributed by atoms with Crippen LogP contribution in [-0.2, 0) is 10.3 Å². The van der Waals surface area contributed by atoms with E-state index in [0.29, 0.717) is 24.1 Å². The maximum Gasteiger partial charge on any atom is 0.239 e. The number of pyridine rings is 1. The number of amidine groups is 1. The zero-order chi connectivity index (χ0) is 29.5. The van der Waals surface area contributed by atoms with Crippen molar-refractivity contribution >= 4 is 45.4 Å². The van der Waals surface area contributed by atoms with E-state index in [1.807, 2.05) is 11.8 Å². The first-order valence-electron chi connectivity index (χ1n) is 13.3. The van der Waals surface area contributed by atoms with Gasteiger partial charge in [0, 0.05) is 42.5 Å². The minimum absolute atomic E-state index is 0.0264. The largest absolute Gasteiger partial charge is 0.460 e. The predicted octanol–water partition coefficient (Wildman–Crippen LogP) is 4.74. The maximum atomic E-state index is 15.6. The number of thioether (sulfide) groups is 1. The summed E-state index contributed by atoms with van der Waals surface area (Å²) in [5.74, 6) is 0.235. The molecular formula is C29H31F2N7O2S. The zero-order valence-electron chi connectivity index (χ0n) is 23.2. The van der Waals surface area contributed by atoms with Gasteiger partial charge in [-0.3, -0.25) is 9.79 Å². The summed E-state index contributed by atoms with van der Waals surface area (Å²) in [6.45, 7) is 8.35. The first-order valence-corrected chi connectivity index (χ1v) is 14.1. The highest BCUT2D eigenvalue weighted by Crippen LogP contribution is 2.51. The van der Waals surface area contributed by atoms with Crippen LogP contribution in [0.25, 0.3) is 11.0 Å². The van der Waals surface area contributed by atoms with Crippen LogP contribution >= 0.6 is 11.8 Å². The molecule has 0 spiro atoms. The Bertz CT molecular complexity index is 1590. The van der Waals surface area contributed by atoms with Gasteiger partial charge in [-0.1, -0.05) is 24.6 Å². The van der Waals surface area contributed by atoms with E-state index in [1.54, 1.807) is 26.8 Å². The molecule has 2 aromatic heterocycles. The molecule has 1 fully saturated rings. The highest BCUT2D eigenvalue weighted by Gasteiger charge is 2.55. The van der Waals surface area contributed by atoms with Crippen molar-refractivity contribution in [1.29, 1.82) is 0 Å². The summed E-state index contributed by atoms with van der Waals surface area (Å²) in [6, 6.07) is 4.16. The molecule has 4 heterocycles. The summed E-state index contributed by atoms with van der Waals surface area (Å²) in [4.78, 5) is 33.2. The van der Waals surface area contributed by atoms with Crippen molar-refractivity contribution in [3.05, 3.63) is 47.8 Å². The van der Waals surface area contributed by atoms with Crippen molar-refractivity contribution in [2.45, 2.75) is 56.9 Å². The lowest BCUT2D eigenvalue weighted by atomic mass is 9.73. The molecule has 1 amide bonds. The van der Waals surface area contributed by atoms with E-state index >= 15 is 8.78 Å². The quantitative estimate of drug-likeness (QED) is 0.402. The van der Waals surface area contributed by atoms with Crippen molar-refractivity contribution in [2.75, 3.05) is 18.4 Å². The topological polar surface area (TPSA) is 119 Å². The Balaban J connectivity index is 1.52. The number of benzene rings is 1. The van der Waals surface area contributed by atoms with E-state index in [9.17, 15) is 4.79 Å². The smallest absolute Gasteiger partial charge is 0.239 e. The molecule has 0 bridgehead atoms. The summed E-state index contributed by atoms with van der Waals surface area (Å²) in [5, 5.41) is 3.18. The summed E-state index contributed by atoms with van der Waals surface area (Å²) in [5.41, 5.74) is 5.95. The minimum Gasteiger partial charge on any atom is -0.460 e. The first-order chi connectivity index (χ1) is 19.5. The molecule has 4 atom stereocenters. The number of hydrogen-bond donors (Lipinski definition) is 2. The normalized spacial score (nSPS) is 25.0. The van der Waals surface area contributed by atoms with Crippen LogP contribution in [0.2, 0.25) is 0 Å². The van der Waals surface area contributed by atoms with Gasteiger partial charge in [0.2, 0.25) is 11.8 Å². The molecular weight excluding hydrogens is 548 g/mol. The fourth-order valence-corrected chi connectivity index (χ4v) is 6.70. The number of aromatic nitrogens is 3. The van der Waals surface area contributed by atoms with E-state index in [0.717, 1.165) is 18.9 Å². The van der Waals surface area contributed by atoms with Gasteiger partial charge in [0.25, 0.3) is 0 Å². The third kappa shape index (κ3) is 5.14. The van der Waals surface area contributed by atoms with Gasteiger partial charge in [0.05, 0.1) is 17.3 Å². The summed E-state index contributed by atoms with van der Waals surface area (Å²) in [7, 11) is 0. The second kappa shape index (κ2) is 10.8. The number of carbonyl (C=O) groups excluding carboxylic acids is 1. The molecule has 2 aliphatic heterocycles. The lowest BCUT2D eigenvalue weighted by Gasteiger charge is -2.47. The van der Waals surface area contributed by atoms with Gasteiger partial charge in [-0.2, -0.15) is 0 Å². The summed E-state index contributed by atoms with van der Waals surface area (Å²) < 4.78 is 35.2. The second-order valence-electron chi connectivity index (χ2n) is 10.6. The number of carbonyl (C=O) groups is 1. The Kier molecular flexibility index (Phi) is 7.50. The third-order valence-corrected chi connectivity index (χ3v) is 9.21. The standard InChI is InChI=1S/C29H31F2N7O2S/c1-6-16(2)40-22-15-34-24-21(36-22)9-10-33-25(24)35-18-13-19(23(31)20(30)14-18)28(4)17(3)29(5,41-27(32)37-28)26(39)38-11-7-8-12-38/h1,9-10,13-17H,7-8,11-12H2,2-5H3,(H2,32,37)(H,33,35)/t16-,17-,28-,29-/m0/s1. The molecule has 12 heteroatoms. The van der Waals surface area contributed by atoms with Crippen molar-refractivity contribution in [3.8, 4) is 18.2 Å². The number of nitrogens with two attached hydrogens (primary N) is 1. The van der Waals surface area contributed by atoms with Crippen molar-refractivity contribution in [1.82, 2.24) is 19.9 Å². The summed E-state index contributed by atoms with van der Waals surface area (Å²) >= 11 is 1.17. The number of terminal acetylenes is 1. The van der Waals surface area contributed by atoms with Gasteiger partial charge in [-0.05, 0) is 45.7 Å². The monoisotopic (exact) mass is 579 g/mol. The Morgan fingerprint density at radius 2 is 2.02 bits per heavy atom. The number of hydrogen-bond acceptors (Lipinski definition) is 9. The van der Waals surface area contributed by atoms with Crippen LogP contribution in [0, 0.1) is 29.9 Å². The SMILES string of the molecule is C#C[C@H](C)Oc1cnc2c(Nc3cc(F)c(F)c([C@@]4(C)N=C(N)S[C@](C)(C(=O)N5CCCC5)[C@H]4C)c3)nccc2n1. The molecule has 0 radical (unpaired) electrons. The van der Waals surface area contributed by atoms with Crippen LogP contribution in [0.3, 0.4) is 0 Å². The number of halogens is 2. The van der Waals surface area contributed by atoms with Crippen LogP contribution in [0.1, 0.15) is 46.1 Å². The molecule has 3 N–H and O–H groups in total. The van der Waals surface area contributed by atoms with Gasteiger partial charge in [0.15, 0.2) is 28.7 Å². The Labute approximate surface area is 241 Å². The van der Waals surface area contributed by atoms with E-state index in [4.69, 9.17) is 16.9 Å². The van der Waals surface area contributed by atoms with Gasteiger partial charge in [-0.15, -0.1) is 6.42 Å². The second-order valence-corrected chi connectivity index (χ2v) is 12.1. The van der Waals surface area contributed by atoms with Gasteiger partial charge in [-0.25, -0.2) is 23.7 Å². The Hall–Kier alpha value is -3.98. The fraction of sp³-hybridized carbons (Fsp3) is 0.414. The van der Waals surface area contributed by atoms with E-state index in [2.05, 4.69) is 31.2 Å². The fourth-order valence-electron chi connectivity index (χ4n) is 5.41. The molecule has 0 aliphatic carbocycles. The predicted molar refractivity (Wildman–Crippen MR) is 156 cm³/mol. The number of nitrogens with one attached hydrogen (secondary N) is 1. The molecule has 0 unspecified atom stereocenters. The van der Waals surface area contributed by atoms with Crippen LogP contribution in [0.5, 0.6) is 5.88 Å². The van der Waals surface area contributed by atoms with Crippen LogP contribution < -0.4 is 15.8 Å². The lowest BCUT2D eigenvalue weighted by molar-refractivity contribution is -0.134. The molecule has 3 aromatic rings. The molecule has 0 saturated carbocycles. The highest BCUT2D eigenvalue weighted by molar-refractivity contribution is 8.15. The number of likely N-dealkylation sites (tertiary alicyclic amines) is 1. The van der Waals surface area contributed by atoms with E-state index < -0.39 is 33.9 Å². The van der Waals surface area contributed by atoms with Crippen molar-refractivity contribution in [3.63, 3.8) is 0 Å². The molecule has 1 aromatic carbocycles. The van der Waals surface area contributed by atoms with Crippen molar-refractivity contribution in [2.24, 2.45) is 16.6 Å². The van der Waals surface area contributed by atoms with Crippen LogP contribution in [0.4, 0.5) is 20.3 Å². The zero-order valence-corrected chi connectivity index (χ0v) is 24.1. The highest BCUT2D eigenvalue weighted by atomic mass is 32.2. The minimum atomic E-state index is -1.34. The number of rotatable bonds is 6. The van der Waals surface area contributed by atoms with Gasteiger partial charge < -0.3 is 20.7 Å². The average molecular weight is 580 g/mol. The van der Waals surface area contributed by atoms with Crippen LogP contribution in [-0.4, -0.2) is 54.9 Å². The Morgan fingerprint density at radius 3 is 2.73 bits per heavy atom. The summed E-state index contributed by atoms with van der Waals surface area (Å²) in [6.07, 6.45) is 9.67. The third-order valence-electron chi connectivity index (χ3n) is 7.95. The van der Waals surface area contributed by atoms with E-state index in [1.165, 1.54) is 30.2 Å². The lowest BCUT2D eigenvalue weighted by Crippen LogP contribution is -2.56. The Morgan fingerprint density at radius 1 is 1.29 bits per heavy atom. The average Bonchev–Trinajstić information content (AvgIpc) is 3.48. The molecule has 41 heavy (non-hydrogen) atoms. The van der Waals surface area contributed by atoms with E-state index in [-0.39, 0.29) is 34.0 Å². The first kappa shape index (κ1) is 28.5. The number of aliphatic imine (C=N–C) groups is 1. The van der Waals surface area contributed by atoms with Crippen molar-refractivity contribution < 1.29 is 18.3 Å². The maximum absolute atomic E-state index is 15.6. The molecule has 5 rings (SSSR count). The molecule has 9 nitrogen and oxygen atoms in total. The number of nitrogens with zero attached hydrogens (tertiary/aromatic N) is 5. The molecule has 1 saturated heterocycles. The van der Waals surface area contributed by atoms with Gasteiger partial charge in [0.1, 0.15) is 10.3 Å². The van der Waals surface area contributed by atoms with Crippen LogP contribution in [0.15, 0.2) is 35.6 Å². The number of ether oxygens (including phenoxy) is 1. The number of fused-ring (bicyclic) bond motifs is 1. The van der Waals surface area contributed by atoms with Gasteiger partial charge >= 0.3 is 0 Å². The molecule has 2 aliphatic rings.